The molecule has 0 aliphatic rings. The number of carbonyl (C=O) groups excluding carboxylic acids is 6. The number of rotatable bonds is 12. The fourth-order valence-electron chi connectivity index (χ4n) is 2.07. The molecule has 0 unspecified atom stereocenters. The van der Waals surface area contributed by atoms with Crippen LogP contribution >= 0.6 is 0 Å². The number of hydrogen-bond donors (Lipinski definition) is 0. The second-order valence-corrected chi connectivity index (χ2v) is 8.06. The average molecular weight is 485 g/mol. The molecule has 0 N–H and O–H groups in total. The molecule has 0 bridgehead atoms. The summed E-state index contributed by atoms with van der Waals surface area (Å²) >= 11 is 0. The summed E-state index contributed by atoms with van der Waals surface area (Å²) in [5.41, 5.74) is 0. The molecule has 0 aromatic heterocycles. The van der Waals surface area contributed by atoms with E-state index in [1.807, 2.05) is 41.5 Å². The molecule has 0 atom stereocenters. The molecule has 9 nitrogen and oxygen atoms in total. The Morgan fingerprint density at radius 2 is 0.645 bits per heavy atom. The van der Waals surface area contributed by atoms with Crippen molar-refractivity contribution < 1.29 is 61.2 Å². The van der Waals surface area contributed by atoms with Crippen LogP contribution in [0.1, 0.15) is 80.1 Å². The Morgan fingerprint density at radius 1 is 0.484 bits per heavy atom. The van der Waals surface area contributed by atoms with Crippen molar-refractivity contribution in [1.82, 2.24) is 0 Å². The summed E-state index contributed by atoms with van der Waals surface area (Å²) < 4.78 is 0. The first-order chi connectivity index (χ1) is 13.6. The molecule has 0 aromatic rings. The normalized spacial score (nSPS) is 9.58. The molecule has 0 heterocycles. The van der Waals surface area contributed by atoms with Crippen LogP contribution in [0.4, 0.5) is 0 Å². The van der Waals surface area contributed by atoms with Crippen LogP contribution in [0.15, 0.2) is 0 Å². The molecule has 0 saturated heterocycles. The Balaban J connectivity index is -0.000000174. The minimum absolute atomic E-state index is 0. The first kappa shape index (κ1) is 36.3. The van der Waals surface area contributed by atoms with Crippen LogP contribution in [0.3, 0.4) is 0 Å². The van der Waals surface area contributed by atoms with E-state index in [1.54, 1.807) is 0 Å². The van der Waals surface area contributed by atoms with Gasteiger partial charge in [0.15, 0.2) is 0 Å². The molecule has 0 saturated carbocycles. The van der Waals surface area contributed by atoms with Crippen molar-refractivity contribution in [3.63, 3.8) is 0 Å². The van der Waals surface area contributed by atoms with Crippen LogP contribution < -0.4 is 15.3 Å². The van der Waals surface area contributed by atoms with E-state index in [-0.39, 0.29) is 52.2 Å². The topological polar surface area (TPSA) is 172 Å². The van der Waals surface area contributed by atoms with Gasteiger partial charge in [0.25, 0.3) is 0 Å². The molecule has 0 spiro atoms. The number of Topliss-reactive ketones (excluding diaryl/α,β-unsaturated/α-hetero) is 3. The van der Waals surface area contributed by atoms with Gasteiger partial charge in [0, 0.05) is 56.4 Å². The van der Waals surface area contributed by atoms with Crippen molar-refractivity contribution in [3.8, 4) is 0 Å². The van der Waals surface area contributed by atoms with Crippen LogP contribution in [-0.4, -0.2) is 35.3 Å². The molecule has 1 radical (unpaired) electrons. The second kappa shape index (κ2) is 21.2. The summed E-state index contributed by atoms with van der Waals surface area (Å²) in [4.78, 5) is 61.5. The molecule has 0 fully saturated rings. The van der Waals surface area contributed by atoms with Gasteiger partial charge in [0.2, 0.25) is 0 Å². The van der Waals surface area contributed by atoms with Crippen molar-refractivity contribution in [2.75, 3.05) is 0 Å². The Hall–Kier alpha value is -2.06. The smallest absolute Gasteiger partial charge is 0.550 e. The van der Waals surface area contributed by atoms with E-state index < -0.39 is 37.2 Å². The van der Waals surface area contributed by atoms with Crippen molar-refractivity contribution in [2.45, 2.75) is 80.1 Å². The first-order valence-electron chi connectivity index (χ1n) is 9.71. The molecular formula is C21H33FeO9. The first-order valence-corrected chi connectivity index (χ1v) is 9.71. The van der Waals surface area contributed by atoms with Crippen LogP contribution in [0, 0.1) is 17.8 Å². The molecule has 179 valence electrons. The van der Waals surface area contributed by atoms with Crippen molar-refractivity contribution in [3.05, 3.63) is 0 Å². The van der Waals surface area contributed by atoms with Gasteiger partial charge in [-0.15, -0.1) is 0 Å². The third-order valence-electron chi connectivity index (χ3n) is 2.93. The number of aliphatic carboxylic acids is 3. The van der Waals surface area contributed by atoms with Gasteiger partial charge >= 0.3 is 17.1 Å². The van der Waals surface area contributed by atoms with Crippen LogP contribution in [0.2, 0.25) is 0 Å². The molecule has 0 aliphatic carbocycles. The van der Waals surface area contributed by atoms with E-state index in [0.717, 1.165) is 0 Å². The molecule has 31 heavy (non-hydrogen) atoms. The molecule has 0 amide bonds. The van der Waals surface area contributed by atoms with Gasteiger partial charge in [-0.1, -0.05) is 41.5 Å². The number of ketones is 3. The maximum Gasteiger partial charge on any atom is 3.00 e. The van der Waals surface area contributed by atoms with Gasteiger partial charge in [-0.2, -0.15) is 0 Å². The zero-order valence-corrected chi connectivity index (χ0v) is 20.1. The summed E-state index contributed by atoms with van der Waals surface area (Å²) in [7, 11) is 0. The van der Waals surface area contributed by atoms with E-state index >= 15 is 0 Å². The Bertz CT molecular complexity index is 501. The maximum atomic E-state index is 10.6. The molecule has 10 heteroatoms. The Morgan fingerprint density at radius 3 is 0.742 bits per heavy atom. The Labute approximate surface area is 194 Å². The van der Waals surface area contributed by atoms with Gasteiger partial charge in [-0.05, 0) is 17.8 Å². The van der Waals surface area contributed by atoms with Crippen LogP contribution in [-0.2, 0) is 45.8 Å². The van der Waals surface area contributed by atoms with E-state index in [9.17, 15) is 44.1 Å². The van der Waals surface area contributed by atoms with Crippen LogP contribution in [0.5, 0.6) is 0 Å². The maximum absolute atomic E-state index is 10.6. The predicted molar refractivity (Wildman–Crippen MR) is 102 cm³/mol. The monoisotopic (exact) mass is 485 g/mol. The summed E-state index contributed by atoms with van der Waals surface area (Å²) in [6, 6.07) is 0. The van der Waals surface area contributed by atoms with Crippen molar-refractivity contribution in [2.24, 2.45) is 17.8 Å². The van der Waals surface area contributed by atoms with Gasteiger partial charge < -0.3 is 29.7 Å². The summed E-state index contributed by atoms with van der Waals surface area (Å²) in [5, 5.41) is 29.6. The van der Waals surface area contributed by atoms with E-state index in [4.69, 9.17) is 0 Å². The fraction of sp³-hybridized carbons (Fsp3) is 0.714. The zero-order chi connectivity index (χ0) is 24.4. The molecule has 0 rings (SSSR count). The average Bonchev–Trinajstić information content (AvgIpc) is 2.42. The third kappa shape index (κ3) is 39.1. The second-order valence-electron chi connectivity index (χ2n) is 8.06. The standard InChI is InChI=1S/3C7H12O3.Fe/c3*1-5(2)3-6(8)4-7(9)10;/h3*5H,3-4H2,1-2H3,(H,9,10);/q;;;+3/p-3. The van der Waals surface area contributed by atoms with E-state index in [1.165, 1.54) is 0 Å². The summed E-state index contributed by atoms with van der Waals surface area (Å²) in [6.45, 7) is 11.2. The minimum Gasteiger partial charge on any atom is -0.550 e. The SMILES string of the molecule is CC(C)CC(=O)CC(=O)[O-].CC(C)CC(=O)CC(=O)[O-].CC(C)CC(=O)CC(=O)[O-].[Fe+3]. The minimum atomic E-state index is -1.29. The third-order valence-corrected chi connectivity index (χ3v) is 2.93. The summed E-state index contributed by atoms with van der Waals surface area (Å²) in [6.07, 6.45) is -0.357. The number of carbonyl (C=O) groups is 6. The largest absolute Gasteiger partial charge is 3.00 e. The van der Waals surface area contributed by atoms with Gasteiger partial charge in [-0.3, -0.25) is 14.4 Å². The zero-order valence-electron chi connectivity index (χ0n) is 19.0. The van der Waals surface area contributed by atoms with Crippen molar-refractivity contribution >= 4 is 35.3 Å². The van der Waals surface area contributed by atoms with E-state index in [2.05, 4.69) is 0 Å². The predicted octanol–water partition coefficient (Wildman–Crippen LogP) is -0.778. The quantitative estimate of drug-likeness (QED) is 0.254. The number of carboxylic acid groups (broad SMARTS) is 3. The van der Waals surface area contributed by atoms with Crippen molar-refractivity contribution in [1.29, 1.82) is 0 Å². The fourth-order valence-corrected chi connectivity index (χ4v) is 2.07. The summed E-state index contributed by atoms with van der Waals surface area (Å²) in [5.74, 6) is -3.94. The number of hydrogen-bond acceptors (Lipinski definition) is 9. The van der Waals surface area contributed by atoms with Gasteiger partial charge in [0.05, 0.1) is 0 Å². The van der Waals surface area contributed by atoms with Gasteiger partial charge in [-0.25, -0.2) is 0 Å². The van der Waals surface area contributed by atoms with Crippen LogP contribution in [0.25, 0.3) is 0 Å². The molecule has 0 aromatic carbocycles. The van der Waals surface area contributed by atoms with E-state index in [0.29, 0.717) is 19.3 Å². The van der Waals surface area contributed by atoms with Gasteiger partial charge in [0.1, 0.15) is 17.3 Å². The molecular weight excluding hydrogens is 452 g/mol. The number of carboxylic acids is 3. The Kier molecular flexibility index (Phi) is 24.8. The molecule has 0 aliphatic heterocycles.